The predicted molar refractivity (Wildman–Crippen MR) is 100 cm³/mol. The fourth-order valence-electron chi connectivity index (χ4n) is 2.59. The lowest BCUT2D eigenvalue weighted by atomic mass is 10.2. The van der Waals surface area contributed by atoms with Gasteiger partial charge in [-0.25, -0.2) is 14.6 Å². The zero-order valence-electron chi connectivity index (χ0n) is 15.2. The molecule has 27 heavy (non-hydrogen) atoms. The molecule has 4 rings (SSSR count). The molecule has 0 saturated heterocycles. The number of benzene rings is 1. The number of nitrogens with one attached hydrogen (secondary N) is 2. The number of methoxy groups -OCH3 is 1. The van der Waals surface area contributed by atoms with Crippen LogP contribution in [0, 0.1) is 0 Å². The average molecular weight is 367 g/mol. The van der Waals surface area contributed by atoms with E-state index in [4.69, 9.17) is 9.47 Å². The van der Waals surface area contributed by atoms with Gasteiger partial charge < -0.3 is 20.1 Å². The van der Waals surface area contributed by atoms with Crippen molar-refractivity contribution in [3.8, 4) is 11.5 Å². The van der Waals surface area contributed by atoms with Crippen LogP contribution in [0.1, 0.15) is 24.7 Å². The van der Waals surface area contributed by atoms with E-state index in [1.54, 1.807) is 25.7 Å². The van der Waals surface area contributed by atoms with Crippen LogP contribution < -0.4 is 20.1 Å². The van der Waals surface area contributed by atoms with Crippen LogP contribution in [0.25, 0.3) is 0 Å². The monoisotopic (exact) mass is 367 g/mol. The molecule has 0 aliphatic heterocycles. The van der Waals surface area contributed by atoms with Gasteiger partial charge in [0.2, 0.25) is 5.95 Å². The van der Waals surface area contributed by atoms with E-state index in [0.29, 0.717) is 29.3 Å². The van der Waals surface area contributed by atoms with Crippen LogP contribution in [-0.4, -0.2) is 38.9 Å². The van der Waals surface area contributed by atoms with Gasteiger partial charge in [-0.05, 0) is 31.0 Å². The first-order chi connectivity index (χ1) is 13.2. The molecule has 0 atom stereocenters. The molecule has 1 aromatic carbocycles. The van der Waals surface area contributed by atoms with Crippen LogP contribution in [-0.2, 0) is 6.61 Å². The van der Waals surface area contributed by atoms with Crippen molar-refractivity contribution >= 4 is 17.5 Å². The summed E-state index contributed by atoms with van der Waals surface area (Å²) >= 11 is 0. The van der Waals surface area contributed by atoms with Gasteiger partial charge in [0.1, 0.15) is 18.8 Å². The van der Waals surface area contributed by atoms with Crippen LogP contribution >= 0.6 is 0 Å². The Hall–Kier alpha value is -3.36. The van der Waals surface area contributed by atoms with Crippen molar-refractivity contribution in [3.05, 3.63) is 42.6 Å². The summed E-state index contributed by atoms with van der Waals surface area (Å²) in [7, 11) is 3.42. The number of hydrogen-bond acceptors (Lipinski definition) is 8. The summed E-state index contributed by atoms with van der Waals surface area (Å²) in [4.78, 5) is 12.9. The van der Waals surface area contributed by atoms with Crippen LogP contribution in [0.2, 0.25) is 0 Å². The highest BCUT2D eigenvalue weighted by atomic mass is 16.5. The van der Waals surface area contributed by atoms with Crippen LogP contribution in [0.15, 0.2) is 36.8 Å². The van der Waals surface area contributed by atoms with Crippen LogP contribution in [0.3, 0.4) is 0 Å². The molecule has 1 aliphatic rings. The zero-order valence-corrected chi connectivity index (χ0v) is 15.2. The van der Waals surface area contributed by atoms with Crippen molar-refractivity contribution in [2.45, 2.75) is 25.5 Å². The second kappa shape index (κ2) is 7.48. The molecule has 3 aromatic rings. The molecular weight excluding hydrogens is 346 g/mol. The van der Waals surface area contributed by atoms with Crippen molar-refractivity contribution in [1.29, 1.82) is 0 Å². The Bertz CT molecular complexity index is 924. The van der Waals surface area contributed by atoms with Crippen LogP contribution in [0.4, 0.5) is 17.5 Å². The van der Waals surface area contributed by atoms with E-state index < -0.39 is 0 Å². The first-order valence-corrected chi connectivity index (χ1v) is 8.74. The molecule has 1 saturated carbocycles. The highest BCUT2D eigenvalue weighted by Gasteiger charge is 2.24. The number of hydrogen-bond donors (Lipinski definition) is 2. The van der Waals surface area contributed by atoms with Crippen molar-refractivity contribution in [1.82, 2.24) is 24.7 Å². The first kappa shape index (κ1) is 17.1. The molecule has 2 N–H and O–H groups in total. The molecule has 0 bridgehead atoms. The van der Waals surface area contributed by atoms with E-state index in [9.17, 15) is 0 Å². The molecule has 1 fully saturated rings. The SMILES string of the molecule is CNc1ccnc(Nc2ccc(OC)c(OCc3ncn(C4CC4)n3)c2)n1. The summed E-state index contributed by atoms with van der Waals surface area (Å²) in [5.74, 6) is 3.09. The Balaban J connectivity index is 1.47. The predicted octanol–water partition coefficient (Wildman–Crippen LogP) is 2.78. The third kappa shape index (κ3) is 4.08. The average Bonchev–Trinajstić information content (AvgIpc) is 3.45. The maximum Gasteiger partial charge on any atom is 0.229 e. The molecule has 2 aromatic heterocycles. The molecule has 9 heteroatoms. The third-order valence-electron chi connectivity index (χ3n) is 4.17. The summed E-state index contributed by atoms with van der Waals surface area (Å²) < 4.78 is 13.2. The highest BCUT2D eigenvalue weighted by molar-refractivity contribution is 5.60. The molecule has 1 aliphatic carbocycles. The van der Waals surface area contributed by atoms with Crippen molar-refractivity contribution in [3.63, 3.8) is 0 Å². The number of rotatable bonds is 8. The number of ether oxygens (including phenoxy) is 2. The smallest absolute Gasteiger partial charge is 0.229 e. The van der Waals surface area contributed by atoms with Gasteiger partial charge in [0.25, 0.3) is 0 Å². The quantitative estimate of drug-likeness (QED) is 0.627. The van der Waals surface area contributed by atoms with Crippen LogP contribution in [0.5, 0.6) is 11.5 Å². The normalized spacial score (nSPS) is 13.3. The number of nitrogens with zero attached hydrogens (tertiary/aromatic N) is 5. The summed E-state index contributed by atoms with van der Waals surface area (Å²) in [6.45, 7) is 0.269. The lowest BCUT2D eigenvalue weighted by Gasteiger charge is -2.12. The van der Waals surface area contributed by atoms with Gasteiger partial charge in [-0.1, -0.05) is 0 Å². The van der Waals surface area contributed by atoms with E-state index in [-0.39, 0.29) is 6.61 Å². The van der Waals surface area contributed by atoms with Crippen molar-refractivity contribution in [2.75, 3.05) is 24.8 Å². The molecule has 0 radical (unpaired) electrons. The maximum absolute atomic E-state index is 5.89. The largest absolute Gasteiger partial charge is 0.493 e. The number of aromatic nitrogens is 5. The standard InChI is InChI=1S/C18H21N7O2/c1-19-16-7-8-20-18(23-16)22-12-3-6-14(26-2)15(9-12)27-10-17-21-11-25(24-17)13-4-5-13/h3,6-9,11,13H,4-5,10H2,1-2H3,(H2,19,20,22,23). The second-order valence-electron chi connectivity index (χ2n) is 6.17. The van der Waals surface area contributed by atoms with E-state index in [1.165, 1.54) is 12.8 Å². The third-order valence-corrected chi connectivity index (χ3v) is 4.17. The van der Waals surface area contributed by atoms with Crippen molar-refractivity contribution in [2.24, 2.45) is 0 Å². The van der Waals surface area contributed by atoms with Gasteiger partial charge in [-0.2, -0.15) is 10.1 Å². The van der Waals surface area contributed by atoms with Gasteiger partial charge in [0.05, 0.1) is 13.2 Å². The summed E-state index contributed by atoms with van der Waals surface area (Å²) in [6.07, 6.45) is 5.78. The number of anilines is 3. The minimum atomic E-state index is 0.269. The molecule has 0 amide bonds. The fourth-order valence-corrected chi connectivity index (χ4v) is 2.59. The molecular formula is C18H21N7O2. The van der Waals surface area contributed by atoms with Crippen molar-refractivity contribution < 1.29 is 9.47 Å². The molecule has 0 spiro atoms. The summed E-state index contributed by atoms with van der Waals surface area (Å²) in [6, 6.07) is 7.84. The maximum atomic E-state index is 5.89. The van der Waals surface area contributed by atoms with E-state index in [0.717, 1.165) is 11.5 Å². The zero-order chi connectivity index (χ0) is 18.6. The van der Waals surface area contributed by atoms with Gasteiger partial charge in [0.15, 0.2) is 17.3 Å². The van der Waals surface area contributed by atoms with E-state index in [2.05, 4.69) is 30.7 Å². The second-order valence-corrected chi connectivity index (χ2v) is 6.17. The Labute approximate surface area is 156 Å². The first-order valence-electron chi connectivity index (χ1n) is 8.74. The van der Waals surface area contributed by atoms with E-state index >= 15 is 0 Å². The Morgan fingerprint density at radius 3 is 2.85 bits per heavy atom. The minimum Gasteiger partial charge on any atom is -0.493 e. The minimum absolute atomic E-state index is 0.269. The molecule has 140 valence electrons. The molecule has 9 nitrogen and oxygen atoms in total. The summed E-state index contributed by atoms with van der Waals surface area (Å²) in [5, 5.41) is 10.6. The van der Waals surface area contributed by atoms with Gasteiger partial charge >= 0.3 is 0 Å². The molecule has 0 unspecified atom stereocenters. The Kier molecular flexibility index (Phi) is 4.73. The van der Waals surface area contributed by atoms with Gasteiger partial charge in [0, 0.05) is 25.0 Å². The Morgan fingerprint density at radius 1 is 1.19 bits per heavy atom. The van der Waals surface area contributed by atoms with E-state index in [1.807, 2.05) is 29.9 Å². The van der Waals surface area contributed by atoms with Gasteiger partial charge in [-0.3, -0.25) is 0 Å². The fraction of sp³-hybridized carbons (Fsp3) is 0.333. The molecule has 2 heterocycles. The lowest BCUT2D eigenvalue weighted by Crippen LogP contribution is -2.03. The Morgan fingerprint density at radius 2 is 2.07 bits per heavy atom. The topological polar surface area (TPSA) is 99.0 Å². The lowest BCUT2D eigenvalue weighted by molar-refractivity contribution is 0.276. The highest BCUT2D eigenvalue weighted by Crippen LogP contribution is 2.34. The van der Waals surface area contributed by atoms with Gasteiger partial charge in [-0.15, -0.1) is 0 Å². The summed E-state index contributed by atoms with van der Waals surface area (Å²) in [5.41, 5.74) is 0.788.